The van der Waals surface area contributed by atoms with Crippen LogP contribution in [0.1, 0.15) is 32.4 Å². The molecule has 0 atom stereocenters. The molecule has 0 unspecified atom stereocenters. The molecule has 0 amide bonds. The second kappa shape index (κ2) is 6.65. The Morgan fingerprint density at radius 3 is 2.50 bits per heavy atom. The van der Waals surface area contributed by atoms with Gasteiger partial charge in [0.2, 0.25) is 10.0 Å². The fourth-order valence-corrected chi connectivity index (χ4v) is 4.14. The van der Waals surface area contributed by atoms with Crippen LogP contribution in [0.25, 0.3) is 5.78 Å². The molecule has 1 fully saturated rings. The molecule has 0 radical (unpaired) electrons. The van der Waals surface area contributed by atoms with Crippen LogP contribution >= 0.6 is 0 Å². The van der Waals surface area contributed by atoms with E-state index in [9.17, 15) is 21.6 Å². The van der Waals surface area contributed by atoms with E-state index in [1.807, 2.05) is 0 Å². The van der Waals surface area contributed by atoms with Crippen LogP contribution < -0.4 is 5.32 Å². The third kappa shape index (κ3) is 3.61. The lowest BCUT2D eigenvalue weighted by Crippen LogP contribution is -2.45. The van der Waals surface area contributed by atoms with Gasteiger partial charge < -0.3 is 5.32 Å². The van der Waals surface area contributed by atoms with Crippen LogP contribution in [0.3, 0.4) is 0 Å². The molecular formula is C14H19F3N6O2S. The number of sulfonamides is 1. The van der Waals surface area contributed by atoms with Crippen molar-refractivity contribution in [1.29, 1.82) is 0 Å². The Morgan fingerprint density at radius 2 is 1.92 bits per heavy atom. The van der Waals surface area contributed by atoms with Gasteiger partial charge in [-0.05, 0) is 26.7 Å². The van der Waals surface area contributed by atoms with Gasteiger partial charge in [0.05, 0.1) is 5.25 Å². The number of piperidine rings is 1. The Kier molecular flexibility index (Phi) is 4.82. The van der Waals surface area contributed by atoms with Gasteiger partial charge in [0.25, 0.3) is 5.78 Å². The van der Waals surface area contributed by atoms with Gasteiger partial charge >= 0.3 is 6.18 Å². The quantitative estimate of drug-likeness (QED) is 0.852. The van der Waals surface area contributed by atoms with Crippen LogP contribution in [0.5, 0.6) is 0 Å². The van der Waals surface area contributed by atoms with Crippen molar-refractivity contribution in [2.24, 2.45) is 0 Å². The number of hydrogen-bond acceptors (Lipinski definition) is 6. The van der Waals surface area contributed by atoms with Crippen molar-refractivity contribution in [2.75, 3.05) is 18.4 Å². The molecule has 8 nitrogen and oxygen atoms in total. The van der Waals surface area contributed by atoms with E-state index in [2.05, 4.69) is 20.4 Å². The van der Waals surface area contributed by atoms with Crippen LogP contribution in [0.2, 0.25) is 0 Å². The third-order valence-electron chi connectivity index (χ3n) is 4.30. The van der Waals surface area contributed by atoms with E-state index < -0.39 is 27.1 Å². The first kappa shape index (κ1) is 18.8. The lowest BCUT2D eigenvalue weighted by molar-refractivity contribution is -0.141. The van der Waals surface area contributed by atoms with Gasteiger partial charge in [-0.3, -0.25) is 0 Å². The third-order valence-corrected chi connectivity index (χ3v) is 6.58. The summed E-state index contributed by atoms with van der Waals surface area (Å²) in [5, 5.41) is 6.41. The van der Waals surface area contributed by atoms with Crippen molar-refractivity contribution in [2.45, 2.75) is 44.2 Å². The molecule has 26 heavy (non-hydrogen) atoms. The highest BCUT2D eigenvalue weighted by atomic mass is 32.2. The molecule has 2 aromatic heterocycles. The van der Waals surface area contributed by atoms with E-state index in [1.165, 1.54) is 8.82 Å². The van der Waals surface area contributed by atoms with E-state index in [4.69, 9.17) is 0 Å². The number of halogens is 3. The van der Waals surface area contributed by atoms with Gasteiger partial charge in [-0.15, -0.1) is 0 Å². The predicted octanol–water partition coefficient (Wildman–Crippen LogP) is 1.76. The molecule has 3 rings (SSSR count). The lowest BCUT2D eigenvalue weighted by atomic mass is 10.1. The summed E-state index contributed by atoms with van der Waals surface area (Å²) < 4.78 is 66.1. The van der Waals surface area contributed by atoms with Gasteiger partial charge in [0.1, 0.15) is 12.1 Å². The number of rotatable bonds is 4. The highest BCUT2D eigenvalue weighted by molar-refractivity contribution is 7.89. The Morgan fingerprint density at radius 1 is 1.27 bits per heavy atom. The monoisotopic (exact) mass is 392 g/mol. The van der Waals surface area contributed by atoms with Crippen molar-refractivity contribution in [1.82, 2.24) is 23.9 Å². The molecule has 0 saturated carbocycles. The molecule has 1 saturated heterocycles. The summed E-state index contributed by atoms with van der Waals surface area (Å²) in [7, 11) is -3.33. The minimum absolute atomic E-state index is 0.130. The minimum Gasteiger partial charge on any atom is -0.367 e. The Labute approximate surface area is 148 Å². The van der Waals surface area contributed by atoms with Crippen molar-refractivity contribution in [3.8, 4) is 0 Å². The van der Waals surface area contributed by atoms with Crippen LogP contribution in [-0.2, 0) is 16.2 Å². The molecule has 144 valence electrons. The highest BCUT2D eigenvalue weighted by Crippen LogP contribution is 2.30. The first-order chi connectivity index (χ1) is 12.1. The van der Waals surface area contributed by atoms with Gasteiger partial charge in [-0.2, -0.15) is 27.8 Å². The number of nitrogens with zero attached hydrogens (tertiary/aromatic N) is 5. The van der Waals surface area contributed by atoms with Gasteiger partial charge in [0.15, 0.2) is 5.69 Å². The molecular weight excluding hydrogens is 373 g/mol. The summed E-state index contributed by atoms with van der Waals surface area (Å²) in [5.74, 6) is -0.0212. The fourth-order valence-electron chi connectivity index (χ4n) is 2.82. The summed E-state index contributed by atoms with van der Waals surface area (Å²) in [6.07, 6.45) is -2.51. The summed E-state index contributed by atoms with van der Waals surface area (Å²) in [6.45, 7) is 3.87. The molecule has 1 aliphatic rings. The zero-order valence-electron chi connectivity index (χ0n) is 14.2. The number of hydrogen-bond donors (Lipinski definition) is 1. The molecule has 0 bridgehead atoms. The van der Waals surface area contributed by atoms with Gasteiger partial charge in [0, 0.05) is 25.2 Å². The largest absolute Gasteiger partial charge is 0.433 e. The van der Waals surface area contributed by atoms with Gasteiger partial charge in [-0.1, -0.05) is 0 Å². The topological polar surface area (TPSA) is 92.5 Å². The zero-order chi connectivity index (χ0) is 19.1. The molecule has 0 aliphatic carbocycles. The fraction of sp³-hybridized carbons (Fsp3) is 0.643. The van der Waals surface area contributed by atoms with Gasteiger partial charge in [-0.25, -0.2) is 17.7 Å². The summed E-state index contributed by atoms with van der Waals surface area (Å²) in [6, 6.07) is 0.711. The van der Waals surface area contributed by atoms with Crippen molar-refractivity contribution >= 4 is 21.6 Å². The van der Waals surface area contributed by atoms with E-state index in [0.29, 0.717) is 25.9 Å². The predicted molar refractivity (Wildman–Crippen MR) is 88.1 cm³/mol. The van der Waals surface area contributed by atoms with Crippen molar-refractivity contribution < 1.29 is 21.6 Å². The van der Waals surface area contributed by atoms with E-state index in [1.54, 1.807) is 13.8 Å². The maximum Gasteiger partial charge on any atom is 0.433 e. The molecule has 0 aromatic carbocycles. The van der Waals surface area contributed by atoms with E-state index in [-0.39, 0.29) is 17.6 Å². The molecule has 2 aromatic rings. The average Bonchev–Trinajstić information content (AvgIpc) is 3.03. The Balaban J connectivity index is 1.77. The molecule has 12 heteroatoms. The number of fused-ring (bicyclic) bond motifs is 1. The maximum atomic E-state index is 13.0. The SMILES string of the molecule is CC(C)S(=O)(=O)N1CCC(Nc2cc(C(F)(F)F)nc3ncnn23)CC1. The standard InChI is InChI=1S/C14H19F3N6O2S/c1-9(2)26(24,25)22-5-3-10(4-6-22)20-12-7-11(14(15,16)17)21-13-18-8-19-23(12)13/h7-10,20H,3-6H2,1-2H3. The average molecular weight is 392 g/mol. The normalized spacial score (nSPS) is 17.9. The second-order valence-corrected chi connectivity index (χ2v) is 8.90. The van der Waals surface area contributed by atoms with Crippen LogP contribution in [-0.4, -0.2) is 56.7 Å². The first-order valence-electron chi connectivity index (χ1n) is 8.12. The van der Waals surface area contributed by atoms with Crippen molar-refractivity contribution in [3.05, 3.63) is 18.1 Å². The van der Waals surface area contributed by atoms with E-state index in [0.717, 1.165) is 12.4 Å². The molecule has 0 spiro atoms. The zero-order valence-corrected chi connectivity index (χ0v) is 15.0. The Hall–Kier alpha value is -1.95. The minimum atomic E-state index is -4.60. The number of alkyl halides is 3. The Bertz CT molecular complexity index is 888. The van der Waals surface area contributed by atoms with E-state index >= 15 is 0 Å². The molecule has 1 aliphatic heterocycles. The van der Waals surface area contributed by atoms with Crippen LogP contribution in [0.15, 0.2) is 12.4 Å². The summed E-state index contributed by atoms with van der Waals surface area (Å²) in [4.78, 5) is 7.18. The number of nitrogens with one attached hydrogen (secondary N) is 1. The smallest absolute Gasteiger partial charge is 0.367 e. The van der Waals surface area contributed by atoms with Crippen LogP contribution in [0.4, 0.5) is 19.0 Å². The maximum absolute atomic E-state index is 13.0. The first-order valence-corrected chi connectivity index (χ1v) is 9.63. The summed E-state index contributed by atoms with van der Waals surface area (Å²) >= 11 is 0. The van der Waals surface area contributed by atoms with Crippen molar-refractivity contribution in [3.63, 3.8) is 0 Å². The second-order valence-electron chi connectivity index (χ2n) is 6.41. The number of anilines is 1. The lowest BCUT2D eigenvalue weighted by Gasteiger charge is -2.33. The highest BCUT2D eigenvalue weighted by Gasteiger charge is 2.35. The van der Waals surface area contributed by atoms with Crippen LogP contribution in [0, 0.1) is 0 Å². The molecule has 1 N–H and O–H groups in total. The summed E-state index contributed by atoms with van der Waals surface area (Å²) in [5.41, 5.74) is -1.06. The molecule has 3 heterocycles. The number of aromatic nitrogens is 4.